The van der Waals surface area contributed by atoms with E-state index in [9.17, 15) is 22.8 Å². The van der Waals surface area contributed by atoms with Gasteiger partial charge in [0.2, 0.25) is 0 Å². The number of nitrogens with zero attached hydrogens (tertiary/aromatic N) is 3. The Morgan fingerprint density at radius 3 is 2.48 bits per heavy atom. The monoisotopic (exact) mass is 464 g/mol. The molecule has 8 nitrogen and oxygen atoms in total. The number of carbonyl (C=O) groups is 1. The summed E-state index contributed by atoms with van der Waals surface area (Å²) in [6, 6.07) is 1.60. The summed E-state index contributed by atoms with van der Waals surface area (Å²) < 4.78 is 39.6. The molecule has 2 amide bonds. The van der Waals surface area contributed by atoms with Crippen LogP contribution in [0.3, 0.4) is 0 Å². The van der Waals surface area contributed by atoms with Crippen LogP contribution in [-0.4, -0.2) is 70.1 Å². The zero-order valence-corrected chi connectivity index (χ0v) is 18.6. The minimum atomic E-state index is -4.72. The minimum absolute atomic E-state index is 0.0327. The molecule has 4 aliphatic rings. The average molecular weight is 464 g/mol. The molecule has 4 fully saturated rings. The highest BCUT2D eigenvalue weighted by atomic mass is 19.4. The number of hydrogen-bond acceptors (Lipinski definition) is 5. The van der Waals surface area contributed by atoms with E-state index in [1.807, 2.05) is 0 Å². The van der Waals surface area contributed by atoms with Crippen LogP contribution in [-0.2, 0) is 12.7 Å². The van der Waals surface area contributed by atoms with Crippen LogP contribution in [0.15, 0.2) is 17.1 Å². The van der Waals surface area contributed by atoms with Crippen LogP contribution in [0.5, 0.6) is 0 Å². The summed E-state index contributed by atoms with van der Waals surface area (Å²) in [5, 5.41) is 5.68. The third-order valence-corrected chi connectivity index (χ3v) is 7.49. The topological polar surface area (TPSA) is 93.4 Å². The number of fused-ring (bicyclic) bond motifs is 1. The SMILES string of the molecule is CNC(=O)NC12CC(N3CCN(Cc4cnc5c(C)c(C(F)(F)F)c(=O)[nH]c5c4)CC3)(C1)C2. The highest BCUT2D eigenvalue weighted by molar-refractivity contribution is 5.79. The molecule has 3 N–H and O–H groups in total. The van der Waals surface area contributed by atoms with Crippen molar-refractivity contribution in [1.82, 2.24) is 30.4 Å². The van der Waals surface area contributed by atoms with Gasteiger partial charge >= 0.3 is 12.2 Å². The first-order chi connectivity index (χ1) is 15.5. The number of aryl methyl sites for hydroxylation is 1. The van der Waals surface area contributed by atoms with Crippen LogP contribution in [0.4, 0.5) is 18.0 Å². The molecule has 6 rings (SSSR count). The van der Waals surface area contributed by atoms with Gasteiger partial charge in [0.1, 0.15) is 5.56 Å². The zero-order valence-electron chi connectivity index (χ0n) is 18.6. The van der Waals surface area contributed by atoms with Gasteiger partial charge in [0.05, 0.1) is 11.0 Å². The lowest BCUT2D eigenvalue weighted by Crippen LogP contribution is -2.84. The van der Waals surface area contributed by atoms with Crippen molar-refractivity contribution < 1.29 is 18.0 Å². The molecule has 3 heterocycles. The number of halogens is 3. The summed E-state index contributed by atoms with van der Waals surface area (Å²) in [6.45, 7) is 5.51. The number of rotatable bonds is 4. The second kappa shape index (κ2) is 7.42. The lowest BCUT2D eigenvalue weighted by molar-refractivity contribution is -0.182. The molecule has 178 valence electrons. The largest absolute Gasteiger partial charge is 0.422 e. The summed E-state index contributed by atoms with van der Waals surface area (Å²) in [7, 11) is 1.62. The van der Waals surface area contributed by atoms with Gasteiger partial charge in [-0.2, -0.15) is 13.2 Å². The first kappa shape index (κ1) is 22.1. The fourth-order valence-electron chi connectivity index (χ4n) is 5.95. The van der Waals surface area contributed by atoms with Crippen molar-refractivity contribution in [2.24, 2.45) is 0 Å². The molecule has 0 aromatic carbocycles. The van der Waals surface area contributed by atoms with E-state index in [-0.39, 0.29) is 28.2 Å². The van der Waals surface area contributed by atoms with Gasteiger partial charge in [0.15, 0.2) is 0 Å². The molecule has 0 unspecified atom stereocenters. The van der Waals surface area contributed by atoms with E-state index < -0.39 is 17.3 Å². The lowest BCUT2D eigenvalue weighted by atomic mass is 9.43. The molecule has 33 heavy (non-hydrogen) atoms. The van der Waals surface area contributed by atoms with Crippen molar-refractivity contribution in [2.75, 3.05) is 33.2 Å². The van der Waals surface area contributed by atoms with Crippen molar-refractivity contribution >= 4 is 17.1 Å². The van der Waals surface area contributed by atoms with E-state index in [1.54, 1.807) is 19.3 Å². The third-order valence-electron chi connectivity index (χ3n) is 7.49. The molecular formula is C22H27F3N6O2. The van der Waals surface area contributed by atoms with E-state index >= 15 is 0 Å². The average Bonchev–Trinajstić information content (AvgIpc) is 2.69. The van der Waals surface area contributed by atoms with Crippen molar-refractivity contribution in [1.29, 1.82) is 0 Å². The number of alkyl halides is 3. The molecule has 2 aromatic rings. The first-order valence-corrected chi connectivity index (χ1v) is 11.1. The second-order valence-corrected chi connectivity index (χ2v) is 9.69. The van der Waals surface area contributed by atoms with Crippen LogP contribution in [0.1, 0.15) is 36.0 Å². The Labute approximate surface area is 188 Å². The van der Waals surface area contributed by atoms with Gasteiger partial charge in [-0.05, 0) is 43.4 Å². The number of hydrogen-bond donors (Lipinski definition) is 3. The molecule has 2 aromatic heterocycles. The quantitative estimate of drug-likeness (QED) is 0.644. The summed E-state index contributed by atoms with van der Waals surface area (Å²) in [5.74, 6) is 0. The standard InChI is InChI=1S/C22H27F3N6O2/c1-13-16(22(23,24)25)18(32)28-15-7-14(8-27-17(13)15)9-30-3-5-31(6-4-30)21-10-20(11-21,12-21)29-19(33)26-2/h7-8H,3-6,9-12H2,1-2H3,(H,28,32)(H2,26,29,33). The predicted octanol–water partition coefficient (Wildman–Crippen LogP) is 1.97. The number of aromatic amines is 1. The molecule has 1 aliphatic heterocycles. The molecular weight excluding hydrogens is 437 g/mol. The highest BCUT2D eigenvalue weighted by Crippen LogP contribution is 2.63. The van der Waals surface area contributed by atoms with Crippen molar-refractivity contribution in [3.05, 3.63) is 39.3 Å². The summed E-state index contributed by atoms with van der Waals surface area (Å²) in [6.07, 6.45) is -0.141. The van der Waals surface area contributed by atoms with Gasteiger partial charge in [-0.25, -0.2) is 4.79 Å². The van der Waals surface area contributed by atoms with Gasteiger partial charge in [-0.1, -0.05) is 0 Å². The summed E-state index contributed by atoms with van der Waals surface area (Å²) in [4.78, 5) is 35.0. The number of aromatic nitrogens is 2. The van der Waals surface area contributed by atoms with E-state index in [2.05, 4.69) is 30.4 Å². The lowest BCUT2D eigenvalue weighted by Gasteiger charge is -2.74. The van der Waals surface area contributed by atoms with Gasteiger partial charge < -0.3 is 15.6 Å². The van der Waals surface area contributed by atoms with Crippen molar-refractivity contribution in [3.8, 4) is 0 Å². The molecule has 0 spiro atoms. The first-order valence-electron chi connectivity index (χ1n) is 11.1. The Morgan fingerprint density at radius 2 is 1.88 bits per heavy atom. The zero-order chi connectivity index (χ0) is 23.6. The minimum Gasteiger partial charge on any atom is -0.341 e. The molecule has 3 saturated carbocycles. The Hall–Kier alpha value is -2.66. The van der Waals surface area contributed by atoms with Crippen LogP contribution in [0.25, 0.3) is 11.0 Å². The predicted molar refractivity (Wildman–Crippen MR) is 116 cm³/mol. The molecule has 1 saturated heterocycles. The maximum atomic E-state index is 13.2. The smallest absolute Gasteiger partial charge is 0.341 e. The van der Waals surface area contributed by atoms with E-state index in [1.165, 1.54) is 6.92 Å². The Balaban J connectivity index is 1.21. The van der Waals surface area contributed by atoms with Gasteiger partial charge in [-0.15, -0.1) is 0 Å². The molecule has 11 heteroatoms. The van der Waals surface area contributed by atoms with E-state index in [4.69, 9.17) is 0 Å². The highest BCUT2D eigenvalue weighted by Gasteiger charge is 2.70. The number of carbonyl (C=O) groups excluding carboxylic acids is 1. The second-order valence-electron chi connectivity index (χ2n) is 9.69. The maximum absolute atomic E-state index is 13.2. The number of nitrogens with one attached hydrogen (secondary N) is 3. The van der Waals surface area contributed by atoms with E-state index in [0.29, 0.717) is 12.1 Å². The normalized spacial score (nSPS) is 27.7. The van der Waals surface area contributed by atoms with Crippen LogP contribution >= 0.6 is 0 Å². The van der Waals surface area contributed by atoms with Gasteiger partial charge in [0, 0.05) is 57.0 Å². The molecule has 3 aliphatic carbocycles. The van der Waals surface area contributed by atoms with Gasteiger partial charge in [-0.3, -0.25) is 19.6 Å². The van der Waals surface area contributed by atoms with Crippen LogP contribution in [0, 0.1) is 6.92 Å². The molecule has 2 bridgehead atoms. The fourth-order valence-corrected chi connectivity index (χ4v) is 5.95. The Kier molecular flexibility index (Phi) is 4.98. The Morgan fingerprint density at radius 1 is 1.21 bits per heavy atom. The third kappa shape index (κ3) is 3.67. The number of H-pyrrole nitrogens is 1. The summed E-state index contributed by atoms with van der Waals surface area (Å²) >= 11 is 0. The van der Waals surface area contributed by atoms with Crippen molar-refractivity contribution in [2.45, 2.75) is 50.0 Å². The number of urea groups is 1. The van der Waals surface area contributed by atoms with Crippen LogP contribution < -0.4 is 16.2 Å². The summed E-state index contributed by atoms with van der Waals surface area (Å²) in [5.41, 5.74) is -0.953. The number of amides is 2. The Bertz CT molecular complexity index is 1150. The van der Waals surface area contributed by atoms with Gasteiger partial charge in [0.25, 0.3) is 5.56 Å². The maximum Gasteiger partial charge on any atom is 0.422 e. The number of pyridine rings is 2. The molecule has 0 radical (unpaired) electrons. The van der Waals surface area contributed by atoms with Crippen LogP contribution in [0.2, 0.25) is 0 Å². The fraction of sp³-hybridized carbons (Fsp3) is 0.591. The van der Waals surface area contributed by atoms with E-state index in [0.717, 1.165) is 51.0 Å². The van der Waals surface area contributed by atoms with Crippen molar-refractivity contribution in [3.63, 3.8) is 0 Å². The number of piperazine rings is 1. The molecule has 0 atom stereocenters.